The van der Waals surface area contributed by atoms with Crippen molar-refractivity contribution >= 4 is 8.25 Å². The van der Waals surface area contributed by atoms with E-state index < -0.39 is 13.9 Å². The van der Waals surface area contributed by atoms with Crippen LogP contribution in [0.4, 0.5) is 0 Å². The molecular weight excluding hydrogens is 199 g/mol. The van der Waals surface area contributed by atoms with Gasteiger partial charge in [-0.25, -0.2) is 0 Å². The maximum atomic E-state index is 10.5. The van der Waals surface area contributed by atoms with Gasteiger partial charge in [0.25, 0.3) is 0 Å². The van der Waals surface area contributed by atoms with Gasteiger partial charge in [-0.05, 0) is 20.3 Å². The first kappa shape index (κ1) is 14.2. The van der Waals surface area contributed by atoms with E-state index in [4.69, 9.17) is 9.42 Å². The van der Waals surface area contributed by atoms with Gasteiger partial charge in [-0.15, -0.1) is 0 Å². The third-order valence-electron chi connectivity index (χ3n) is 2.25. The zero-order valence-corrected chi connectivity index (χ0v) is 10.5. The Hall–Kier alpha value is 0.150. The van der Waals surface area contributed by atoms with Crippen LogP contribution in [0.25, 0.3) is 0 Å². The molecule has 0 aliphatic carbocycles. The van der Waals surface area contributed by atoms with Crippen LogP contribution in [-0.4, -0.2) is 10.5 Å². The predicted octanol–water partition coefficient (Wildman–Crippen LogP) is 3.52. The van der Waals surface area contributed by atoms with Crippen molar-refractivity contribution in [2.45, 2.75) is 64.9 Å². The van der Waals surface area contributed by atoms with E-state index in [0.717, 1.165) is 12.8 Å². The lowest BCUT2D eigenvalue weighted by atomic mass is 10.0. The SMILES string of the molecule is CCCCCCCC(C)(C)O[PH](=O)O. The number of hydrogen-bond donors (Lipinski definition) is 1. The Kier molecular flexibility index (Phi) is 7.52. The monoisotopic (exact) mass is 222 g/mol. The van der Waals surface area contributed by atoms with Crippen LogP contribution in [0.3, 0.4) is 0 Å². The van der Waals surface area contributed by atoms with Crippen LogP contribution in [0, 0.1) is 0 Å². The predicted molar refractivity (Wildman–Crippen MR) is 59.8 cm³/mol. The molecule has 86 valence electrons. The average Bonchev–Trinajstić information content (AvgIpc) is 2.01. The lowest BCUT2D eigenvalue weighted by Crippen LogP contribution is -2.20. The van der Waals surface area contributed by atoms with Crippen molar-refractivity contribution in [2.75, 3.05) is 0 Å². The van der Waals surface area contributed by atoms with Gasteiger partial charge in [0.2, 0.25) is 0 Å². The Morgan fingerprint density at radius 1 is 1.21 bits per heavy atom. The van der Waals surface area contributed by atoms with Crippen LogP contribution >= 0.6 is 8.25 Å². The molecule has 1 atom stereocenters. The van der Waals surface area contributed by atoms with Crippen molar-refractivity contribution < 1.29 is 14.0 Å². The van der Waals surface area contributed by atoms with Crippen LogP contribution in [0.1, 0.15) is 59.3 Å². The molecule has 1 unspecified atom stereocenters. The van der Waals surface area contributed by atoms with E-state index in [1.807, 2.05) is 13.8 Å². The molecule has 0 amide bonds. The molecule has 0 fully saturated rings. The summed E-state index contributed by atoms with van der Waals surface area (Å²) in [7, 11) is -2.79. The topological polar surface area (TPSA) is 46.5 Å². The maximum Gasteiger partial charge on any atom is 0.317 e. The molecular formula is C10H23O3P. The average molecular weight is 222 g/mol. The van der Waals surface area contributed by atoms with Crippen LogP contribution < -0.4 is 0 Å². The molecule has 0 saturated carbocycles. The second kappa shape index (κ2) is 7.44. The minimum Gasteiger partial charge on any atom is -0.326 e. The second-order valence-corrected chi connectivity index (χ2v) is 5.03. The summed E-state index contributed by atoms with van der Waals surface area (Å²) in [5.74, 6) is 0. The summed E-state index contributed by atoms with van der Waals surface area (Å²) in [6, 6.07) is 0. The Balaban J connectivity index is 3.50. The minimum atomic E-state index is -2.79. The lowest BCUT2D eigenvalue weighted by molar-refractivity contribution is 0.0910. The lowest BCUT2D eigenvalue weighted by Gasteiger charge is -2.22. The van der Waals surface area contributed by atoms with Gasteiger partial charge in [0, 0.05) is 0 Å². The summed E-state index contributed by atoms with van der Waals surface area (Å²) >= 11 is 0. The fourth-order valence-corrected chi connectivity index (χ4v) is 2.02. The molecule has 0 bridgehead atoms. The van der Waals surface area contributed by atoms with Crippen LogP contribution in [0.15, 0.2) is 0 Å². The summed E-state index contributed by atoms with van der Waals surface area (Å²) in [5, 5.41) is 0. The summed E-state index contributed by atoms with van der Waals surface area (Å²) in [5.41, 5.74) is -0.447. The first-order valence-electron chi connectivity index (χ1n) is 5.40. The summed E-state index contributed by atoms with van der Waals surface area (Å²) in [4.78, 5) is 8.65. The van der Waals surface area contributed by atoms with E-state index >= 15 is 0 Å². The number of unbranched alkanes of at least 4 members (excludes halogenated alkanes) is 4. The van der Waals surface area contributed by atoms with Gasteiger partial charge in [-0.3, -0.25) is 4.57 Å². The first-order chi connectivity index (χ1) is 6.48. The zero-order valence-electron chi connectivity index (χ0n) is 9.51. The maximum absolute atomic E-state index is 10.5. The highest BCUT2D eigenvalue weighted by Crippen LogP contribution is 2.29. The third-order valence-corrected chi connectivity index (χ3v) is 2.97. The molecule has 0 saturated heterocycles. The van der Waals surface area contributed by atoms with Crippen molar-refractivity contribution in [3.05, 3.63) is 0 Å². The molecule has 0 aliphatic rings. The Labute approximate surface area is 87.8 Å². The van der Waals surface area contributed by atoms with Crippen LogP contribution in [0.5, 0.6) is 0 Å². The number of hydrogen-bond acceptors (Lipinski definition) is 2. The molecule has 0 aromatic heterocycles. The highest BCUT2D eigenvalue weighted by atomic mass is 31.1. The van der Waals surface area contributed by atoms with Crippen molar-refractivity contribution in [3.63, 3.8) is 0 Å². The smallest absolute Gasteiger partial charge is 0.317 e. The van der Waals surface area contributed by atoms with E-state index in [0.29, 0.717) is 0 Å². The van der Waals surface area contributed by atoms with Crippen LogP contribution in [-0.2, 0) is 9.09 Å². The van der Waals surface area contributed by atoms with Crippen molar-refractivity contribution in [1.82, 2.24) is 0 Å². The summed E-state index contributed by atoms with van der Waals surface area (Å²) < 4.78 is 15.5. The molecule has 0 aromatic carbocycles. The van der Waals surface area contributed by atoms with Gasteiger partial charge >= 0.3 is 8.25 Å². The van der Waals surface area contributed by atoms with E-state index in [1.165, 1.54) is 25.7 Å². The molecule has 0 heterocycles. The Morgan fingerprint density at radius 2 is 1.79 bits per heavy atom. The van der Waals surface area contributed by atoms with Crippen molar-refractivity contribution in [2.24, 2.45) is 0 Å². The number of rotatable bonds is 8. The van der Waals surface area contributed by atoms with E-state index in [2.05, 4.69) is 6.92 Å². The molecule has 3 nitrogen and oxygen atoms in total. The van der Waals surface area contributed by atoms with Gasteiger partial charge in [0.1, 0.15) is 0 Å². The molecule has 0 radical (unpaired) electrons. The second-order valence-electron chi connectivity index (χ2n) is 4.29. The summed E-state index contributed by atoms with van der Waals surface area (Å²) in [6.07, 6.45) is 6.88. The quantitative estimate of drug-likeness (QED) is 0.505. The van der Waals surface area contributed by atoms with Gasteiger partial charge in [-0.2, -0.15) is 0 Å². The zero-order chi connectivity index (χ0) is 11.0. The first-order valence-corrected chi connectivity index (χ1v) is 6.66. The van der Waals surface area contributed by atoms with Gasteiger partial charge < -0.3 is 9.42 Å². The molecule has 0 spiro atoms. The van der Waals surface area contributed by atoms with E-state index in [-0.39, 0.29) is 0 Å². The fourth-order valence-electron chi connectivity index (χ4n) is 1.44. The molecule has 0 aromatic rings. The minimum absolute atomic E-state index is 0.447. The van der Waals surface area contributed by atoms with Gasteiger partial charge in [0.15, 0.2) is 0 Å². The van der Waals surface area contributed by atoms with Gasteiger partial charge in [0.05, 0.1) is 5.60 Å². The molecule has 4 heteroatoms. The highest BCUT2D eigenvalue weighted by Gasteiger charge is 2.19. The van der Waals surface area contributed by atoms with Crippen molar-refractivity contribution in [3.8, 4) is 0 Å². The van der Waals surface area contributed by atoms with Crippen molar-refractivity contribution in [1.29, 1.82) is 0 Å². The standard InChI is InChI=1S/C10H23O3P/c1-4-5-6-7-8-9-10(2,3)13-14(11)12/h14H,4-9H2,1-3H3,(H,11,12). The van der Waals surface area contributed by atoms with E-state index in [1.54, 1.807) is 0 Å². The largest absolute Gasteiger partial charge is 0.326 e. The third kappa shape index (κ3) is 8.74. The van der Waals surface area contributed by atoms with Gasteiger partial charge in [-0.1, -0.05) is 39.0 Å². The molecule has 1 N–H and O–H groups in total. The van der Waals surface area contributed by atoms with Crippen LogP contribution in [0.2, 0.25) is 0 Å². The molecule has 14 heavy (non-hydrogen) atoms. The molecule has 0 rings (SSSR count). The van der Waals surface area contributed by atoms with E-state index in [9.17, 15) is 4.57 Å². The molecule has 0 aliphatic heterocycles. The Bertz CT molecular complexity index is 169. The Morgan fingerprint density at radius 3 is 2.29 bits per heavy atom. The highest BCUT2D eigenvalue weighted by molar-refractivity contribution is 7.32. The fraction of sp³-hybridized carbons (Fsp3) is 1.00. The summed E-state index contributed by atoms with van der Waals surface area (Å²) in [6.45, 7) is 5.92. The normalized spacial score (nSPS) is 14.3.